The van der Waals surface area contributed by atoms with Gasteiger partial charge in [-0.2, -0.15) is 14.0 Å². The normalized spacial score (nSPS) is 11.0. The lowest BCUT2D eigenvalue weighted by Crippen LogP contribution is -1.99. The molecule has 0 bridgehead atoms. The molecule has 9 heteroatoms. The standard InChI is InChI=1S/C17H14FN5O2S/c1-24-12-4-3-10(7-13(12)25-2)8-15-20-21-17-23(15)22-16(26-17)11-5-6-19-14(18)9-11/h3-7,9H,8H2,1-2H3. The summed E-state index contributed by atoms with van der Waals surface area (Å²) in [5.74, 6) is 1.46. The number of rotatable bonds is 5. The molecule has 0 N–H and O–H groups in total. The second kappa shape index (κ2) is 6.68. The first-order valence-electron chi connectivity index (χ1n) is 7.72. The van der Waals surface area contributed by atoms with E-state index < -0.39 is 5.95 Å². The van der Waals surface area contributed by atoms with Crippen molar-refractivity contribution < 1.29 is 13.9 Å². The molecule has 0 atom stereocenters. The predicted octanol–water partition coefficient (Wildman–Crippen LogP) is 2.99. The highest BCUT2D eigenvalue weighted by atomic mass is 32.1. The third kappa shape index (κ3) is 2.97. The van der Waals surface area contributed by atoms with Crippen LogP contribution in [0.2, 0.25) is 0 Å². The summed E-state index contributed by atoms with van der Waals surface area (Å²) in [5.41, 5.74) is 1.64. The zero-order valence-electron chi connectivity index (χ0n) is 14.0. The van der Waals surface area contributed by atoms with Gasteiger partial charge in [0.1, 0.15) is 5.01 Å². The van der Waals surface area contributed by atoms with Crippen molar-refractivity contribution in [3.05, 3.63) is 53.9 Å². The molecule has 132 valence electrons. The Kier molecular flexibility index (Phi) is 4.21. The Bertz CT molecular complexity index is 1080. The Balaban J connectivity index is 1.67. The molecule has 26 heavy (non-hydrogen) atoms. The van der Waals surface area contributed by atoms with Crippen LogP contribution in [-0.2, 0) is 6.42 Å². The maximum absolute atomic E-state index is 13.3. The van der Waals surface area contributed by atoms with Gasteiger partial charge in [0.25, 0.3) is 0 Å². The summed E-state index contributed by atoms with van der Waals surface area (Å²) < 4.78 is 25.6. The number of hydrogen-bond acceptors (Lipinski definition) is 7. The largest absolute Gasteiger partial charge is 0.493 e. The topological polar surface area (TPSA) is 74.4 Å². The van der Waals surface area contributed by atoms with Crippen molar-refractivity contribution in [1.82, 2.24) is 24.8 Å². The number of fused-ring (bicyclic) bond motifs is 1. The first-order chi connectivity index (χ1) is 12.7. The SMILES string of the molecule is COc1ccc(Cc2nnc3sc(-c4ccnc(F)c4)nn23)cc1OC. The van der Waals surface area contributed by atoms with E-state index in [1.807, 2.05) is 18.2 Å². The van der Waals surface area contributed by atoms with E-state index in [1.54, 1.807) is 24.8 Å². The monoisotopic (exact) mass is 371 g/mol. The van der Waals surface area contributed by atoms with Gasteiger partial charge in [0.15, 0.2) is 17.3 Å². The summed E-state index contributed by atoms with van der Waals surface area (Å²) in [6, 6.07) is 8.74. The number of nitrogens with zero attached hydrogens (tertiary/aromatic N) is 5. The summed E-state index contributed by atoms with van der Waals surface area (Å²) in [6.07, 6.45) is 1.94. The Morgan fingerprint density at radius 1 is 1.08 bits per heavy atom. The van der Waals surface area contributed by atoms with Crippen LogP contribution in [0.1, 0.15) is 11.4 Å². The molecule has 1 aromatic carbocycles. The van der Waals surface area contributed by atoms with E-state index in [9.17, 15) is 4.39 Å². The molecule has 0 aliphatic rings. The van der Waals surface area contributed by atoms with Crippen LogP contribution < -0.4 is 9.47 Å². The number of pyridine rings is 1. The predicted molar refractivity (Wildman–Crippen MR) is 94.2 cm³/mol. The fourth-order valence-corrected chi connectivity index (χ4v) is 3.45. The zero-order chi connectivity index (χ0) is 18.1. The van der Waals surface area contributed by atoms with Gasteiger partial charge in [-0.25, -0.2) is 4.98 Å². The van der Waals surface area contributed by atoms with Crippen molar-refractivity contribution in [2.75, 3.05) is 14.2 Å². The average Bonchev–Trinajstić information content (AvgIpc) is 3.23. The highest BCUT2D eigenvalue weighted by molar-refractivity contribution is 7.19. The molecule has 0 amide bonds. The van der Waals surface area contributed by atoms with E-state index in [0.717, 1.165) is 5.56 Å². The highest BCUT2D eigenvalue weighted by Gasteiger charge is 2.15. The van der Waals surface area contributed by atoms with Gasteiger partial charge in [0.05, 0.1) is 14.2 Å². The minimum Gasteiger partial charge on any atom is -0.493 e. The molecule has 0 saturated heterocycles. The van der Waals surface area contributed by atoms with Gasteiger partial charge in [0.2, 0.25) is 10.9 Å². The van der Waals surface area contributed by atoms with Crippen LogP contribution in [0.3, 0.4) is 0 Å². The van der Waals surface area contributed by atoms with Crippen LogP contribution in [0.4, 0.5) is 4.39 Å². The van der Waals surface area contributed by atoms with Crippen LogP contribution in [-0.4, -0.2) is 39.0 Å². The Hall–Kier alpha value is -3.07. The Morgan fingerprint density at radius 2 is 1.92 bits per heavy atom. The number of hydrogen-bond donors (Lipinski definition) is 0. The maximum atomic E-state index is 13.3. The third-order valence-corrected chi connectivity index (χ3v) is 4.79. The number of ether oxygens (including phenoxy) is 2. The third-order valence-electron chi connectivity index (χ3n) is 3.84. The van der Waals surface area contributed by atoms with E-state index in [4.69, 9.17) is 9.47 Å². The van der Waals surface area contributed by atoms with E-state index in [-0.39, 0.29) is 0 Å². The number of halogens is 1. The smallest absolute Gasteiger partial charge is 0.234 e. The van der Waals surface area contributed by atoms with Crippen LogP contribution in [0.15, 0.2) is 36.5 Å². The molecule has 3 heterocycles. The lowest BCUT2D eigenvalue weighted by atomic mass is 10.1. The fourth-order valence-electron chi connectivity index (χ4n) is 2.59. The minimum absolute atomic E-state index is 0.523. The lowest BCUT2D eigenvalue weighted by Gasteiger charge is -2.08. The Labute approximate surface area is 152 Å². The molecule has 0 radical (unpaired) electrons. The molecule has 4 rings (SSSR count). The molecule has 0 spiro atoms. The van der Waals surface area contributed by atoms with Gasteiger partial charge in [-0.15, -0.1) is 10.2 Å². The second-order valence-corrected chi connectivity index (χ2v) is 6.41. The second-order valence-electron chi connectivity index (χ2n) is 5.45. The molecular formula is C17H14FN5O2S. The molecule has 0 aliphatic carbocycles. The van der Waals surface area contributed by atoms with Crippen molar-refractivity contribution in [2.24, 2.45) is 0 Å². The van der Waals surface area contributed by atoms with Crippen molar-refractivity contribution in [3.63, 3.8) is 0 Å². The molecule has 0 aliphatic heterocycles. The first kappa shape index (κ1) is 16.4. The number of methoxy groups -OCH3 is 2. The molecule has 4 aromatic rings. The molecule has 0 fully saturated rings. The molecule has 0 unspecified atom stereocenters. The number of aromatic nitrogens is 5. The summed E-state index contributed by atoms with van der Waals surface area (Å²) in [6.45, 7) is 0. The molecule has 0 saturated carbocycles. The maximum Gasteiger partial charge on any atom is 0.234 e. The number of benzene rings is 1. The highest BCUT2D eigenvalue weighted by Crippen LogP contribution is 2.29. The van der Waals surface area contributed by atoms with Crippen LogP contribution in [0.5, 0.6) is 11.5 Å². The fraction of sp³-hybridized carbons (Fsp3) is 0.176. The Morgan fingerprint density at radius 3 is 2.69 bits per heavy atom. The molecule has 3 aromatic heterocycles. The van der Waals surface area contributed by atoms with Crippen molar-refractivity contribution in [3.8, 4) is 22.1 Å². The van der Waals surface area contributed by atoms with Gasteiger partial charge in [-0.3, -0.25) is 0 Å². The van der Waals surface area contributed by atoms with Gasteiger partial charge in [-0.1, -0.05) is 17.4 Å². The van der Waals surface area contributed by atoms with E-state index >= 15 is 0 Å². The van der Waals surface area contributed by atoms with Crippen molar-refractivity contribution >= 4 is 16.3 Å². The van der Waals surface area contributed by atoms with E-state index in [2.05, 4.69) is 20.3 Å². The molecular weight excluding hydrogens is 357 g/mol. The van der Waals surface area contributed by atoms with E-state index in [1.165, 1.54) is 23.6 Å². The van der Waals surface area contributed by atoms with Crippen LogP contribution in [0, 0.1) is 5.95 Å². The van der Waals surface area contributed by atoms with Gasteiger partial charge >= 0.3 is 0 Å². The first-order valence-corrected chi connectivity index (χ1v) is 8.53. The van der Waals surface area contributed by atoms with E-state index in [0.29, 0.717) is 39.3 Å². The van der Waals surface area contributed by atoms with Crippen LogP contribution >= 0.6 is 11.3 Å². The van der Waals surface area contributed by atoms with Gasteiger partial charge in [0, 0.05) is 24.2 Å². The summed E-state index contributed by atoms with van der Waals surface area (Å²) in [5, 5.41) is 13.5. The van der Waals surface area contributed by atoms with Crippen molar-refractivity contribution in [2.45, 2.75) is 6.42 Å². The quantitative estimate of drug-likeness (QED) is 0.502. The van der Waals surface area contributed by atoms with Gasteiger partial charge < -0.3 is 9.47 Å². The summed E-state index contributed by atoms with van der Waals surface area (Å²) in [4.78, 5) is 4.21. The average molecular weight is 371 g/mol. The minimum atomic E-state index is -0.543. The van der Waals surface area contributed by atoms with Crippen LogP contribution in [0.25, 0.3) is 15.5 Å². The van der Waals surface area contributed by atoms with Gasteiger partial charge in [-0.05, 0) is 23.8 Å². The summed E-state index contributed by atoms with van der Waals surface area (Å²) >= 11 is 1.34. The summed E-state index contributed by atoms with van der Waals surface area (Å²) in [7, 11) is 3.19. The molecule has 7 nitrogen and oxygen atoms in total. The zero-order valence-corrected chi connectivity index (χ0v) is 14.8. The van der Waals surface area contributed by atoms with Crippen molar-refractivity contribution in [1.29, 1.82) is 0 Å². The lowest BCUT2D eigenvalue weighted by molar-refractivity contribution is 0.354.